The summed E-state index contributed by atoms with van der Waals surface area (Å²) in [6, 6.07) is -0.321. The lowest BCUT2D eigenvalue weighted by atomic mass is 9.93. The number of anilines is 1. The second-order valence-electron chi connectivity index (χ2n) is 4.93. The van der Waals surface area contributed by atoms with Gasteiger partial charge in [-0.2, -0.15) is 5.10 Å². The van der Waals surface area contributed by atoms with Crippen molar-refractivity contribution in [2.75, 3.05) is 11.9 Å². The molecule has 0 saturated heterocycles. The maximum Gasteiger partial charge on any atom is 0.319 e. The van der Waals surface area contributed by atoms with Crippen molar-refractivity contribution in [1.82, 2.24) is 15.1 Å². The lowest BCUT2D eigenvalue weighted by Gasteiger charge is -2.27. The predicted molar refractivity (Wildman–Crippen MR) is 75.0 cm³/mol. The number of nitrogens with zero attached hydrogens (tertiary/aromatic N) is 2. The third-order valence-corrected chi connectivity index (χ3v) is 2.97. The second-order valence-corrected chi connectivity index (χ2v) is 4.93. The summed E-state index contributed by atoms with van der Waals surface area (Å²) in [7, 11) is 1.78. The molecule has 0 atom stereocenters. The molecular weight excluding hydrogens is 244 g/mol. The van der Waals surface area contributed by atoms with E-state index < -0.39 is 5.60 Å². The Bertz CT molecular complexity index is 397. The summed E-state index contributed by atoms with van der Waals surface area (Å²) in [5, 5.41) is 19.7. The van der Waals surface area contributed by atoms with Gasteiger partial charge in [0, 0.05) is 19.8 Å². The number of urea groups is 1. The van der Waals surface area contributed by atoms with Crippen LogP contribution in [0.2, 0.25) is 0 Å². The number of nitrogens with one attached hydrogen (secondary N) is 2. The van der Waals surface area contributed by atoms with Gasteiger partial charge >= 0.3 is 6.03 Å². The zero-order chi connectivity index (χ0) is 14.3. The van der Waals surface area contributed by atoms with Crippen molar-refractivity contribution < 1.29 is 9.90 Å². The average molecular weight is 268 g/mol. The maximum absolute atomic E-state index is 11.7. The number of aromatic nitrogens is 2. The molecule has 0 unspecified atom stereocenters. The lowest BCUT2D eigenvalue weighted by Crippen LogP contribution is -2.44. The average Bonchev–Trinajstić information content (AvgIpc) is 2.73. The van der Waals surface area contributed by atoms with Gasteiger partial charge in [0.2, 0.25) is 0 Å². The molecule has 1 heterocycles. The molecule has 0 saturated carbocycles. The fraction of sp³-hybridized carbons (Fsp3) is 0.692. The van der Waals surface area contributed by atoms with Crippen LogP contribution < -0.4 is 10.6 Å². The first-order valence-electron chi connectivity index (χ1n) is 6.75. The highest BCUT2D eigenvalue weighted by molar-refractivity contribution is 5.88. The van der Waals surface area contributed by atoms with Crippen LogP contribution in [0, 0.1) is 0 Å². The molecule has 19 heavy (non-hydrogen) atoms. The molecule has 0 aromatic carbocycles. The quantitative estimate of drug-likeness (QED) is 0.706. The van der Waals surface area contributed by atoms with Crippen molar-refractivity contribution in [3.05, 3.63) is 12.4 Å². The number of amides is 2. The summed E-state index contributed by atoms with van der Waals surface area (Å²) < 4.78 is 1.61. The van der Waals surface area contributed by atoms with Gasteiger partial charge in [0.05, 0.1) is 17.5 Å². The molecular formula is C13H24N4O2. The minimum absolute atomic E-state index is 0.265. The number of aryl methyl sites for hydroxylation is 1. The molecule has 0 aliphatic carbocycles. The van der Waals surface area contributed by atoms with Gasteiger partial charge in [-0.05, 0) is 12.8 Å². The van der Waals surface area contributed by atoms with Gasteiger partial charge in [-0.1, -0.05) is 26.7 Å². The summed E-state index contributed by atoms with van der Waals surface area (Å²) in [6.07, 6.45) is 6.44. The van der Waals surface area contributed by atoms with Crippen molar-refractivity contribution >= 4 is 11.7 Å². The molecule has 6 heteroatoms. The highest BCUT2D eigenvalue weighted by Gasteiger charge is 2.25. The van der Waals surface area contributed by atoms with Crippen LogP contribution in [-0.2, 0) is 7.05 Å². The van der Waals surface area contributed by atoms with Crippen molar-refractivity contribution in [1.29, 1.82) is 0 Å². The Kier molecular flexibility index (Phi) is 5.82. The van der Waals surface area contributed by atoms with Gasteiger partial charge in [0.15, 0.2) is 0 Å². The zero-order valence-electron chi connectivity index (χ0n) is 11.9. The highest BCUT2D eigenvalue weighted by atomic mass is 16.3. The highest BCUT2D eigenvalue weighted by Crippen LogP contribution is 2.18. The van der Waals surface area contributed by atoms with E-state index in [0.717, 1.165) is 12.8 Å². The Balaban J connectivity index is 2.43. The van der Waals surface area contributed by atoms with Crippen LogP contribution in [0.5, 0.6) is 0 Å². The van der Waals surface area contributed by atoms with Crippen molar-refractivity contribution in [2.45, 2.75) is 45.1 Å². The summed E-state index contributed by atoms with van der Waals surface area (Å²) in [4.78, 5) is 11.7. The van der Waals surface area contributed by atoms with Crippen LogP contribution in [0.15, 0.2) is 12.4 Å². The van der Waals surface area contributed by atoms with Gasteiger partial charge in [-0.3, -0.25) is 4.68 Å². The van der Waals surface area contributed by atoms with E-state index in [1.54, 1.807) is 24.1 Å². The van der Waals surface area contributed by atoms with Gasteiger partial charge < -0.3 is 15.7 Å². The SMILES string of the molecule is CCCC(O)(CCC)CNC(=O)Nc1cnn(C)c1. The largest absolute Gasteiger partial charge is 0.388 e. The molecule has 0 bridgehead atoms. The van der Waals surface area contributed by atoms with E-state index >= 15 is 0 Å². The smallest absolute Gasteiger partial charge is 0.319 e. The topological polar surface area (TPSA) is 79.2 Å². The summed E-state index contributed by atoms with van der Waals surface area (Å²) >= 11 is 0. The van der Waals surface area contributed by atoms with E-state index in [1.807, 2.05) is 13.8 Å². The normalized spacial score (nSPS) is 11.4. The van der Waals surface area contributed by atoms with E-state index in [4.69, 9.17) is 0 Å². The first kappa shape index (κ1) is 15.5. The molecule has 1 rings (SSSR count). The Morgan fingerprint density at radius 2 is 2.05 bits per heavy atom. The van der Waals surface area contributed by atoms with E-state index in [0.29, 0.717) is 18.5 Å². The molecule has 0 aliphatic heterocycles. The van der Waals surface area contributed by atoms with E-state index in [1.165, 1.54) is 0 Å². The molecule has 1 aromatic rings. The Hall–Kier alpha value is -1.56. The minimum Gasteiger partial charge on any atom is -0.388 e. The van der Waals surface area contributed by atoms with E-state index in [-0.39, 0.29) is 12.6 Å². The molecule has 108 valence electrons. The minimum atomic E-state index is -0.810. The number of carbonyl (C=O) groups excluding carboxylic acids is 1. The number of aliphatic hydroxyl groups is 1. The van der Waals surface area contributed by atoms with Gasteiger partial charge in [-0.25, -0.2) is 4.79 Å². The zero-order valence-corrected chi connectivity index (χ0v) is 11.9. The Morgan fingerprint density at radius 3 is 2.53 bits per heavy atom. The van der Waals surface area contributed by atoms with E-state index in [2.05, 4.69) is 15.7 Å². The van der Waals surface area contributed by atoms with Gasteiger partial charge in [0.25, 0.3) is 0 Å². The van der Waals surface area contributed by atoms with Crippen LogP contribution in [0.3, 0.4) is 0 Å². The molecule has 2 amide bonds. The summed E-state index contributed by atoms with van der Waals surface area (Å²) in [6.45, 7) is 4.31. The van der Waals surface area contributed by atoms with Gasteiger partial charge in [0.1, 0.15) is 0 Å². The van der Waals surface area contributed by atoms with Crippen molar-refractivity contribution in [3.63, 3.8) is 0 Å². The van der Waals surface area contributed by atoms with E-state index in [9.17, 15) is 9.90 Å². The predicted octanol–water partition coefficient (Wildman–Crippen LogP) is 1.87. The van der Waals surface area contributed by atoms with Crippen LogP contribution in [0.1, 0.15) is 39.5 Å². The molecule has 0 radical (unpaired) electrons. The molecule has 0 aliphatic rings. The van der Waals surface area contributed by atoms with Gasteiger partial charge in [-0.15, -0.1) is 0 Å². The van der Waals surface area contributed by atoms with Crippen LogP contribution in [0.25, 0.3) is 0 Å². The summed E-state index contributed by atoms with van der Waals surface area (Å²) in [5.74, 6) is 0. The molecule has 3 N–H and O–H groups in total. The fourth-order valence-corrected chi connectivity index (χ4v) is 2.14. The first-order chi connectivity index (χ1) is 8.99. The number of carbonyl (C=O) groups is 1. The third-order valence-electron chi connectivity index (χ3n) is 2.97. The Morgan fingerprint density at radius 1 is 1.42 bits per heavy atom. The monoisotopic (exact) mass is 268 g/mol. The molecule has 1 aromatic heterocycles. The van der Waals surface area contributed by atoms with Crippen LogP contribution in [0.4, 0.5) is 10.5 Å². The Labute approximate surface area is 114 Å². The number of rotatable bonds is 7. The first-order valence-corrected chi connectivity index (χ1v) is 6.75. The maximum atomic E-state index is 11.7. The second kappa shape index (κ2) is 7.13. The van der Waals surface area contributed by atoms with Crippen LogP contribution >= 0.6 is 0 Å². The number of hydrogen-bond acceptors (Lipinski definition) is 3. The third kappa shape index (κ3) is 5.30. The lowest BCUT2D eigenvalue weighted by molar-refractivity contribution is 0.0245. The molecule has 0 fully saturated rings. The standard InChI is InChI=1S/C13H24N4O2/c1-4-6-13(19,7-5-2)10-14-12(18)16-11-8-15-17(3)9-11/h8-9,19H,4-7,10H2,1-3H3,(H2,14,16,18). The number of hydrogen-bond donors (Lipinski definition) is 3. The fourth-order valence-electron chi connectivity index (χ4n) is 2.14. The van der Waals surface area contributed by atoms with Crippen LogP contribution in [-0.4, -0.2) is 33.1 Å². The molecule has 0 spiro atoms. The summed E-state index contributed by atoms with van der Waals surface area (Å²) in [5.41, 5.74) is -0.176. The van der Waals surface area contributed by atoms with Crippen molar-refractivity contribution in [2.24, 2.45) is 7.05 Å². The molecule has 6 nitrogen and oxygen atoms in total. The van der Waals surface area contributed by atoms with Crippen molar-refractivity contribution in [3.8, 4) is 0 Å².